The number of amides is 2. The predicted molar refractivity (Wildman–Crippen MR) is 91.0 cm³/mol. The molecule has 4 nitrogen and oxygen atoms in total. The minimum Gasteiger partial charge on any atom is -0.367 e. The summed E-state index contributed by atoms with van der Waals surface area (Å²) >= 11 is 0. The quantitative estimate of drug-likeness (QED) is 0.688. The van der Waals surface area contributed by atoms with Gasteiger partial charge in [-0.3, -0.25) is 14.5 Å². The maximum absolute atomic E-state index is 12.9. The van der Waals surface area contributed by atoms with Gasteiger partial charge in [-0.2, -0.15) is 0 Å². The third kappa shape index (κ3) is 1.80. The van der Waals surface area contributed by atoms with Gasteiger partial charge in [-0.15, -0.1) is 0 Å². The molecule has 4 heteroatoms. The van der Waals surface area contributed by atoms with Crippen molar-refractivity contribution in [2.24, 2.45) is 35.5 Å². The molecule has 0 aromatic heterocycles. The Morgan fingerprint density at radius 2 is 1.62 bits per heavy atom. The van der Waals surface area contributed by atoms with Crippen molar-refractivity contribution in [3.63, 3.8) is 0 Å². The van der Waals surface area contributed by atoms with Crippen LogP contribution in [0.15, 0.2) is 30.4 Å². The van der Waals surface area contributed by atoms with E-state index in [4.69, 9.17) is 0 Å². The zero-order chi connectivity index (χ0) is 16.6. The molecular weight excluding hydrogens is 300 g/mol. The molecule has 124 valence electrons. The van der Waals surface area contributed by atoms with Crippen LogP contribution in [0.2, 0.25) is 0 Å². The smallest absolute Gasteiger partial charge is 0.235 e. The lowest BCUT2D eigenvalue weighted by molar-refractivity contribution is -0.139. The number of carbonyl (C=O) groups is 2. The number of nitrogens with one attached hydrogen (secondary N) is 1. The van der Waals surface area contributed by atoms with Crippen molar-refractivity contribution in [2.75, 3.05) is 12.0 Å². The van der Waals surface area contributed by atoms with Crippen molar-refractivity contribution >= 4 is 17.5 Å². The highest BCUT2D eigenvalue weighted by Crippen LogP contribution is 2.65. The number of likely N-dealkylation sites (tertiary alicyclic amines) is 1. The Balaban J connectivity index is 1.36. The number of hydrogen-bond donors (Lipinski definition) is 1. The number of benzene rings is 1. The second kappa shape index (κ2) is 4.71. The molecule has 1 aromatic carbocycles. The summed E-state index contributed by atoms with van der Waals surface area (Å²) < 4.78 is 0. The Labute approximate surface area is 141 Å². The molecule has 4 aliphatic carbocycles. The van der Waals surface area contributed by atoms with E-state index < -0.39 is 0 Å². The van der Waals surface area contributed by atoms with Gasteiger partial charge in [-0.05, 0) is 67.2 Å². The first-order chi connectivity index (χ1) is 11.6. The number of nitrogens with zero attached hydrogens (tertiary/aromatic N) is 1. The summed E-state index contributed by atoms with van der Waals surface area (Å²) in [6.07, 6.45) is 5.63. The maximum Gasteiger partial charge on any atom is 0.235 e. The van der Waals surface area contributed by atoms with Gasteiger partial charge >= 0.3 is 0 Å². The molecule has 1 N–H and O–H groups in total. The molecule has 5 aliphatic rings. The number of hydrogen-bond acceptors (Lipinski definition) is 3. The van der Waals surface area contributed by atoms with Crippen LogP contribution in [0.1, 0.15) is 17.5 Å². The second-order valence-electron chi connectivity index (χ2n) is 7.89. The highest BCUT2D eigenvalue weighted by molar-refractivity contribution is 6.06. The minimum absolute atomic E-state index is 0.0334. The van der Waals surface area contributed by atoms with Crippen molar-refractivity contribution in [1.29, 1.82) is 0 Å². The van der Waals surface area contributed by atoms with Gasteiger partial charge < -0.3 is 5.32 Å². The molecule has 3 fully saturated rings. The fourth-order valence-electron chi connectivity index (χ4n) is 5.20. The van der Waals surface area contributed by atoms with Gasteiger partial charge in [-0.1, -0.05) is 18.2 Å². The molecule has 0 radical (unpaired) electrons. The first-order valence-corrected chi connectivity index (χ1v) is 8.91. The van der Waals surface area contributed by atoms with Gasteiger partial charge in [-0.25, -0.2) is 0 Å². The second-order valence-corrected chi connectivity index (χ2v) is 7.89. The lowest BCUT2D eigenvalue weighted by Gasteiger charge is -2.37. The molecule has 1 aromatic rings. The molecule has 0 spiro atoms. The van der Waals surface area contributed by atoms with Gasteiger partial charge in [0.2, 0.25) is 11.8 Å². The number of aryl methyl sites for hydroxylation is 2. The summed E-state index contributed by atoms with van der Waals surface area (Å²) in [4.78, 5) is 27.2. The monoisotopic (exact) mass is 322 g/mol. The molecule has 6 rings (SSSR count). The molecule has 2 saturated carbocycles. The van der Waals surface area contributed by atoms with Crippen molar-refractivity contribution < 1.29 is 9.59 Å². The lowest BCUT2D eigenvalue weighted by atomic mass is 9.63. The first kappa shape index (κ1) is 14.3. The maximum atomic E-state index is 12.9. The third-order valence-corrected chi connectivity index (χ3v) is 6.70. The van der Waals surface area contributed by atoms with E-state index in [-0.39, 0.29) is 30.3 Å². The molecule has 1 aliphatic heterocycles. The zero-order valence-corrected chi connectivity index (χ0v) is 14.0. The van der Waals surface area contributed by atoms with Crippen LogP contribution in [0.3, 0.4) is 0 Å². The van der Waals surface area contributed by atoms with E-state index in [0.29, 0.717) is 23.7 Å². The Bertz CT molecular complexity index is 748. The molecule has 1 heterocycles. The lowest BCUT2D eigenvalue weighted by Crippen LogP contribution is -2.40. The summed E-state index contributed by atoms with van der Waals surface area (Å²) in [6, 6.07) is 6.12. The number of carbonyl (C=O) groups excluding carboxylic acids is 2. The van der Waals surface area contributed by atoms with E-state index in [9.17, 15) is 9.59 Å². The largest absolute Gasteiger partial charge is 0.367 e. The van der Waals surface area contributed by atoms with Crippen LogP contribution >= 0.6 is 0 Å². The highest BCUT2D eigenvalue weighted by Gasteiger charge is 2.66. The molecule has 0 unspecified atom stereocenters. The number of imide groups is 1. The van der Waals surface area contributed by atoms with E-state index in [1.54, 1.807) is 0 Å². The van der Waals surface area contributed by atoms with Crippen molar-refractivity contribution in [3.05, 3.63) is 41.5 Å². The van der Waals surface area contributed by atoms with Gasteiger partial charge in [0.15, 0.2) is 0 Å². The zero-order valence-electron chi connectivity index (χ0n) is 14.0. The van der Waals surface area contributed by atoms with E-state index in [1.165, 1.54) is 22.4 Å². The summed E-state index contributed by atoms with van der Waals surface area (Å²) in [7, 11) is 0. The van der Waals surface area contributed by atoms with E-state index >= 15 is 0 Å². The average molecular weight is 322 g/mol. The SMILES string of the molecule is Cc1ccc(NCN2C(=O)[C@@H]3[C@@H]4C=C[C@H]([C@@H]5C[C@@H]45)[C@H]3C2=O)cc1C. The molecular formula is C20H22N2O2. The average Bonchev–Trinajstić information content (AvgIpc) is 3.35. The number of allylic oxidation sites excluding steroid dienone is 2. The summed E-state index contributed by atoms with van der Waals surface area (Å²) in [5.74, 6) is 1.78. The molecule has 24 heavy (non-hydrogen) atoms. The minimum atomic E-state index is -0.0993. The van der Waals surface area contributed by atoms with Crippen LogP contribution in [0.5, 0.6) is 0 Å². The Kier molecular flexibility index (Phi) is 2.80. The van der Waals surface area contributed by atoms with Crippen LogP contribution in [-0.2, 0) is 9.59 Å². The van der Waals surface area contributed by atoms with E-state index in [1.807, 2.05) is 6.07 Å². The van der Waals surface area contributed by atoms with E-state index in [2.05, 4.69) is 43.4 Å². The summed E-state index contributed by atoms with van der Waals surface area (Å²) in [5, 5.41) is 3.26. The van der Waals surface area contributed by atoms with Crippen molar-refractivity contribution in [3.8, 4) is 0 Å². The molecule has 6 atom stereocenters. The van der Waals surface area contributed by atoms with Crippen LogP contribution in [0, 0.1) is 49.4 Å². The molecule has 2 bridgehead atoms. The van der Waals surface area contributed by atoms with Gasteiger partial charge in [0.05, 0.1) is 18.5 Å². The van der Waals surface area contributed by atoms with Crippen LogP contribution < -0.4 is 5.32 Å². The topological polar surface area (TPSA) is 49.4 Å². The van der Waals surface area contributed by atoms with Crippen LogP contribution in [0.4, 0.5) is 5.69 Å². The van der Waals surface area contributed by atoms with Gasteiger partial charge in [0, 0.05) is 5.69 Å². The van der Waals surface area contributed by atoms with Crippen molar-refractivity contribution in [2.45, 2.75) is 20.3 Å². The van der Waals surface area contributed by atoms with Gasteiger partial charge in [0.25, 0.3) is 0 Å². The summed E-state index contributed by atoms with van der Waals surface area (Å²) in [5.41, 5.74) is 3.40. The standard InChI is InChI=1S/C20H22N2O2/c1-10-3-4-12(7-11(10)2)21-9-22-19(23)17-13-5-6-14(16-8-15(13)16)18(17)20(22)24/h3-7,13-18,21H,8-9H2,1-2H3/t13-,14-,15+,16+,17-,18-/m1/s1. The molecule has 2 amide bonds. The van der Waals surface area contributed by atoms with Crippen LogP contribution in [0.25, 0.3) is 0 Å². The van der Waals surface area contributed by atoms with Gasteiger partial charge in [0.1, 0.15) is 0 Å². The number of rotatable bonds is 3. The normalized spacial score (nSPS) is 38.3. The Morgan fingerprint density at radius 1 is 1.00 bits per heavy atom. The van der Waals surface area contributed by atoms with Crippen molar-refractivity contribution in [1.82, 2.24) is 4.90 Å². The fraction of sp³-hybridized carbons (Fsp3) is 0.500. The predicted octanol–water partition coefficient (Wildman–Crippen LogP) is 2.73. The number of anilines is 1. The first-order valence-electron chi connectivity index (χ1n) is 8.91. The fourth-order valence-corrected chi connectivity index (χ4v) is 5.20. The highest BCUT2D eigenvalue weighted by atomic mass is 16.2. The molecule has 1 saturated heterocycles. The Hall–Kier alpha value is -2.10. The third-order valence-electron chi connectivity index (χ3n) is 6.70. The van der Waals surface area contributed by atoms with E-state index in [0.717, 1.165) is 5.69 Å². The van der Waals surface area contributed by atoms with Crippen LogP contribution in [-0.4, -0.2) is 23.4 Å². The summed E-state index contributed by atoms with van der Waals surface area (Å²) in [6.45, 7) is 4.42. The Morgan fingerprint density at radius 3 is 2.21 bits per heavy atom.